The number of hydrogen-bond donors (Lipinski definition) is 6. The lowest BCUT2D eigenvalue weighted by Crippen LogP contribution is -2.62. The highest BCUT2D eigenvalue weighted by molar-refractivity contribution is 6.40. The highest BCUT2D eigenvalue weighted by Crippen LogP contribution is 2.32. The molecule has 0 heterocycles. The van der Waals surface area contributed by atoms with Gasteiger partial charge in [-0.1, -0.05) is 25.7 Å². The molecular weight excluding hydrogens is 512 g/mol. The number of carbonyl (C=O) groups excluding carboxylic acids is 4. The second-order valence-electron chi connectivity index (χ2n) is 9.05. The van der Waals surface area contributed by atoms with Crippen LogP contribution in [0.2, 0.25) is 0 Å². The second kappa shape index (κ2) is 13.3. The highest BCUT2D eigenvalue weighted by Gasteiger charge is 2.47. The Kier molecular flexibility index (Phi) is 10.5. The van der Waals surface area contributed by atoms with Crippen molar-refractivity contribution in [3.63, 3.8) is 0 Å². The Hall–Kier alpha value is -4.24. The van der Waals surface area contributed by atoms with Crippen molar-refractivity contribution in [3.8, 4) is 0 Å². The molecule has 2 saturated carbocycles. The van der Waals surface area contributed by atoms with Crippen LogP contribution < -0.4 is 10.6 Å². The minimum Gasteiger partial charge on any atom is -0.481 e. The predicted molar refractivity (Wildman–Crippen MR) is 123 cm³/mol. The Balaban J connectivity index is 2.51. The Morgan fingerprint density at radius 2 is 0.868 bits per heavy atom. The van der Waals surface area contributed by atoms with E-state index >= 15 is 0 Å². The lowest BCUT2D eigenvalue weighted by Gasteiger charge is -2.39. The van der Waals surface area contributed by atoms with Crippen molar-refractivity contribution in [2.75, 3.05) is 13.1 Å². The number of carbonyl (C=O) groups is 8. The lowest BCUT2D eigenvalue weighted by molar-refractivity contribution is -0.157. The molecule has 210 valence electrons. The number of nitrogens with one attached hydrogen (secondary N) is 2. The van der Waals surface area contributed by atoms with Crippen LogP contribution in [-0.4, -0.2) is 103 Å². The van der Waals surface area contributed by atoms with E-state index in [9.17, 15) is 48.6 Å². The number of nitrogens with zero attached hydrogens (tertiary/aromatic N) is 2. The maximum atomic E-state index is 13.5. The van der Waals surface area contributed by atoms with Gasteiger partial charge in [0, 0.05) is 0 Å². The van der Waals surface area contributed by atoms with E-state index in [-0.39, 0.29) is 35.5 Å². The summed E-state index contributed by atoms with van der Waals surface area (Å²) < 4.78 is 0. The predicted octanol–water partition coefficient (Wildman–Crippen LogP) is -0.481. The molecule has 2 aliphatic carbocycles. The molecule has 2 rings (SSSR count). The van der Waals surface area contributed by atoms with Gasteiger partial charge in [0.2, 0.25) is 0 Å². The fourth-order valence-electron chi connectivity index (χ4n) is 4.88. The highest BCUT2D eigenvalue weighted by atomic mass is 16.4. The van der Waals surface area contributed by atoms with Crippen molar-refractivity contribution >= 4 is 47.8 Å². The van der Waals surface area contributed by atoms with Crippen LogP contribution in [0.25, 0.3) is 0 Å². The molecule has 4 atom stereocenters. The van der Waals surface area contributed by atoms with E-state index in [2.05, 4.69) is 0 Å². The summed E-state index contributed by atoms with van der Waals surface area (Å²) in [7, 11) is 0. The molecule has 2 fully saturated rings. The van der Waals surface area contributed by atoms with Crippen LogP contribution >= 0.6 is 0 Å². The fraction of sp³-hybridized carbons (Fsp3) is 0.636. The monoisotopic (exact) mass is 542 g/mol. The molecule has 0 aromatic rings. The molecule has 0 saturated heterocycles. The SMILES string of the molecule is O=C(O)CNC(=O)N(C(=O)C(=O)N(C(=O)NCC(=O)O)C1CCCCC1C(=O)O)C1CCCCC1C(=O)O. The summed E-state index contributed by atoms with van der Waals surface area (Å²) in [5.41, 5.74) is 0. The number of urea groups is 2. The molecule has 38 heavy (non-hydrogen) atoms. The molecule has 16 heteroatoms. The molecule has 2 aliphatic rings. The molecule has 0 spiro atoms. The number of carboxylic acid groups (broad SMARTS) is 4. The second-order valence-corrected chi connectivity index (χ2v) is 9.05. The molecule has 16 nitrogen and oxygen atoms in total. The van der Waals surface area contributed by atoms with E-state index in [1.807, 2.05) is 10.6 Å². The van der Waals surface area contributed by atoms with Crippen molar-refractivity contribution in [1.29, 1.82) is 0 Å². The van der Waals surface area contributed by atoms with Gasteiger partial charge in [0.05, 0.1) is 23.9 Å². The van der Waals surface area contributed by atoms with Crippen molar-refractivity contribution in [1.82, 2.24) is 20.4 Å². The molecule has 6 N–H and O–H groups in total. The van der Waals surface area contributed by atoms with Crippen LogP contribution in [0.1, 0.15) is 51.4 Å². The van der Waals surface area contributed by atoms with Gasteiger partial charge in [-0.05, 0) is 25.7 Å². The summed E-state index contributed by atoms with van der Waals surface area (Å²) in [5.74, 6) is -11.6. The third-order valence-corrected chi connectivity index (χ3v) is 6.60. The Morgan fingerprint density at radius 3 is 1.16 bits per heavy atom. The first kappa shape index (κ1) is 30.0. The van der Waals surface area contributed by atoms with Crippen LogP contribution in [0.15, 0.2) is 0 Å². The smallest absolute Gasteiger partial charge is 0.325 e. The molecular formula is C22H30N4O12. The summed E-state index contributed by atoms with van der Waals surface area (Å²) in [4.78, 5) is 99.0. The van der Waals surface area contributed by atoms with E-state index in [1.54, 1.807) is 0 Å². The van der Waals surface area contributed by atoms with Crippen molar-refractivity contribution in [3.05, 3.63) is 0 Å². The van der Waals surface area contributed by atoms with Crippen molar-refractivity contribution in [2.24, 2.45) is 11.8 Å². The van der Waals surface area contributed by atoms with Crippen molar-refractivity contribution < 1.29 is 58.8 Å². The van der Waals surface area contributed by atoms with Crippen molar-refractivity contribution in [2.45, 2.75) is 63.5 Å². The van der Waals surface area contributed by atoms with Gasteiger partial charge in [-0.15, -0.1) is 0 Å². The number of imide groups is 2. The standard InChI is InChI=1S/C22H30N4O12/c27-15(28)9-23-21(37)25(13-7-3-1-5-11(13)19(33)34)17(31)18(32)26(22(38)24-10-16(29)30)14-8-4-2-6-12(14)20(35)36/h11-14H,1-10H2,(H,23,37)(H,24,38)(H,27,28)(H,29,30)(H,33,34)(H,35,36). The number of rotatable bonds is 8. The minimum atomic E-state index is -1.67. The maximum Gasteiger partial charge on any atom is 0.325 e. The van der Waals surface area contributed by atoms with E-state index < -0.39 is 84.8 Å². The van der Waals surface area contributed by atoms with Gasteiger partial charge in [0.1, 0.15) is 13.1 Å². The van der Waals surface area contributed by atoms with E-state index in [0.717, 1.165) is 0 Å². The summed E-state index contributed by atoms with van der Waals surface area (Å²) in [5, 5.41) is 41.0. The average molecular weight is 542 g/mol. The zero-order chi connectivity index (χ0) is 28.6. The summed E-state index contributed by atoms with van der Waals surface area (Å²) in [6, 6.07) is -5.49. The van der Waals surface area contributed by atoms with E-state index in [4.69, 9.17) is 10.2 Å². The normalized spacial score (nSPS) is 22.8. The molecule has 0 aliphatic heterocycles. The van der Waals surface area contributed by atoms with Crippen LogP contribution in [-0.2, 0) is 28.8 Å². The lowest BCUT2D eigenvalue weighted by atomic mass is 9.83. The summed E-state index contributed by atoms with van der Waals surface area (Å²) in [6.45, 7) is -1.93. The fourth-order valence-corrected chi connectivity index (χ4v) is 4.88. The molecule has 6 amide bonds. The van der Waals surface area contributed by atoms with Gasteiger partial charge in [-0.3, -0.25) is 38.6 Å². The summed E-state index contributed by atoms with van der Waals surface area (Å²) >= 11 is 0. The van der Waals surface area contributed by atoms with Gasteiger partial charge >= 0.3 is 47.8 Å². The summed E-state index contributed by atoms with van der Waals surface area (Å²) in [6.07, 6.45) is 1.72. The Bertz CT molecular complexity index is 921. The third kappa shape index (κ3) is 7.39. The minimum absolute atomic E-state index is 0.0249. The van der Waals surface area contributed by atoms with Gasteiger partial charge in [0.15, 0.2) is 0 Å². The largest absolute Gasteiger partial charge is 0.481 e. The molecule has 0 aromatic heterocycles. The van der Waals surface area contributed by atoms with Crippen LogP contribution in [0, 0.1) is 11.8 Å². The first-order chi connectivity index (χ1) is 17.9. The maximum absolute atomic E-state index is 13.5. The quantitative estimate of drug-likeness (QED) is 0.213. The third-order valence-electron chi connectivity index (χ3n) is 6.60. The molecule has 0 radical (unpaired) electrons. The zero-order valence-corrected chi connectivity index (χ0v) is 20.3. The molecule has 4 unspecified atom stereocenters. The van der Waals surface area contributed by atoms with E-state index in [1.165, 1.54) is 0 Å². The van der Waals surface area contributed by atoms with Crippen LogP contribution in [0.4, 0.5) is 9.59 Å². The number of carboxylic acids is 4. The van der Waals surface area contributed by atoms with Crippen LogP contribution in [0.3, 0.4) is 0 Å². The van der Waals surface area contributed by atoms with Gasteiger partial charge in [0.25, 0.3) is 0 Å². The number of hydrogen-bond acceptors (Lipinski definition) is 8. The Labute approximate surface area is 215 Å². The average Bonchev–Trinajstić information content (AvgIpc) is 2.86. The first-order valence-electron chi connectivity index (χ1n) is 12.0. The van der Waals surface area contributed by atoms with Crippen LogP contribution in [0.5, 0.6) is 0 Å². The molecule has 0 aromatic carbocycles. The van der Waals surface area contributed by atoms with E-state index in [0.29, 0.717) is 25.7 Å². The van der Waals surface area contributed by atoms with Gasteiger partial charge < -0.3 is 31.1 Å². The first-order valence-corrected chi connectivity index (χ1v) is 12.0. The topological polar surface area (TPSA) is 248 Å². The van der Waals surface area contributed by atoms with Gasteiger partial charge in [-0.2, -0.15) is 0 Å². The van der Waals surface area contributed by atoms with Gasteiger partial charge in [-0.25, -0.2) is 9.59 Å². The molecule has 0 bridgehead atoms. The number of amides is 6. The number of aliphatic carboxylic acids is 4. The zero-order valence-electron chi connectivity index (χ0n) is 20.3. The Morgan fingerprint density at radius 1 is 0.553 bits per heavy atom.